The molecule has 0 saturated carbocycles. The largest absolute Gasteiger partial charge is 0.309 e. The van der Waals surface area contributed by atoms with E-state index in [0.717, 1.165) is 28.8 Å². The number of allylic oxidation sites excluding steroid dienone is 4. The minimum absolute atomic E-state index is 0.164. The van der Waals surface area contributed by atoms with Crippen molar-refractivity contribution < 1.29 is 0 Å². The third-order valence-electron chi connectivity index (χ3n) is 10.9. The zero-order valence-electron chi connectivity index (χ0n) is 30.2. The summed E-state index contributed by atoms with van der Waals surface area (Å²) in [6.45, 7) is 6.86. The molecule has 1 atom stereocenters. The number of aromatic nitrogens is 1. The Balaban J connectivity index is 1.22. The van der Waals surface area contributed by atoms with Crippen molar-refractivity contribution in [2.24, 2.45) is 15.4 Å². The van der Waals surface area contributed by atoms with Crippen LogP contribution in [0, 0.1) is 10.8 Å². The maximum absolute atomic E-state index is 9.33. The van der Waals surface area contributed by atoms with Crippen LogP contribution < -0.4 is 0 Å². The second-order valence-electron chi connectivity index (χ2n) is 14.9. The molecule has 4 heteroatoms. The van der Waals surface area contributed by atoms with Crippen LogP contribution in [0.15, 0.2) is 174 Å². The van der Waals surface area contributed by atoms with E-state index in [1.54, 1.807) is 0 Å². The molecule has 0 bridgehead atoms. The summed E-state index contributed by atoms with van der Waals surface area (Å²) < 4.78 is 2.41. The first-order valence-corrected chi connectivity index (χ1v) is 18.3. The molecule has 0 fully saturated rings. The van der Waals surface area contributed by atoms with Gasteiger partial charge in [0.05, 0.1) is 11.0 Å². The molecule has 2 aliphatic carbocycles. The van der Waals surface area contributed by atoms with Gasteiger partial charge in [-0.1, -0.05) is 160 Å². The van der Waals surface area contributed by atoms with Crippen molar-refractivity contribution in [2.75, 3.05) is 0 Å². The summed E-state index contributed by atoms with van der Waals surface area (Å²) >= 11 is 0. The number of rotatable bonds is 5. The number of nitrogens with zero attached hydrogens (tertiary/aromatic N) is 3. The van der Waals surface area contributed by atoms with Crippen LogP contribution in [0.5, 0.6) is 0 Å². The summed E-state index contributed by atoms with van der Waals surface area (Å²) in [5.41, 5.74) is 12.1. The maximum Gasteiger partial charge on any atom is 0.161 e. The monoisotopic (exact) mass is 684 g/mol. The Bertz CT molecular complexity index is 2690. The molecule has 1 N–H and O–H groups in total. The third kappa shape index (κ3) is 5.59. The fourth-order valence-electron chi connectivity index (χ4n) is 8.21. The molecular weight excluding hydrogens is 645 g/mol. The molecule has 0 saturated heterocycles. The number of hydrogen-bond acceptors (Lipinski definition) is 1. The lowest BCUT2D eigenvalue weighted by Gasteiger charge is -2.23. The fourth-order valence-corrected chi connectivity index (χ4v) is 8.21. The van der Waals surface area contributed by atoms with Crippen LogP contribution in [0.4, 0.5) is 0 Å². The molecule has 0 aliphatic heterocycles. The Kier molecular flexibility index (Phi) is 7.78. The van der Waals surface area contributed by atoms with E-state index >= 15 is 0 Å². The molecule has 256 valence electrons. The van der Waals surface area contributed by atoms with Crippen molar-refractivity contribution in [1.29, 1.82) is 5.41 Å². The van der Waals surface area contributed by atoms with Gasteiger partial charge in [-0.25, -0.2) is 9.98 Å². The van der Waals surface area contributed by atoms with Crippen LogP contribution in [0.1, 0.15) is 49.4 Å². The SMILES string of the molecule is CC1(C=NC(=NC(=N)c2cccc(-n3c4ccc(-c5ccccc5)cc4c4ccc5c(c43)C(C)(C)c3ccccc3-5)c2)c2ccccc2)C=CC=CC1. The average Bonchev–Trinajstić information content (AvgIpc) is 3.65. The first kappa shape index (κ1) is 32.5. The Morgan fingerprint density at radius 2 is 1.43 bits per heavy atom. The highest BCUT2D eigenvalue weighted by atomic mass is 15.0. The first-order valence-electron chi connectivity index (χ1n) is 18.3. The quantitative estimate of drug-likeness (QED) is 0.139. The van der Waals surface area contributed by atoms with Crippen molar-refractivity contribution in [1.82, 2.24) is 4.57 Å². The minimum Gasteiger partial charge on any atom is -0.309 e. The van der Waals surface area contributed by atoms with Gasteiger partial charge in [0.2, 0.25) is 0 Å². The van der Waals surface area contributed by atoms with Gasteiger partial charge in [0, 0.05) is 44.6 Å². The van der Waals surface area contributed by atoms with Gasteiger partial charge < -0.3 is 4.57 Å². The summed E-state index contributed by atoms with van der Waals surface area (Å²) in [4.78, 5) is 9.79. The first-order chi connectivity index (χ1) is 25.8. The Morgan fingerprint density at radius 3 is 2.23 bits per heavy atom. The number of hydrogen-bond donors (Lipinski definition) is 1. The highest BCUT2D eigenvalue weighted by Crippen LogP contribution is 2.53. The predicted octanol–water partition coefficient (Wildman–Crippen LogP) is 12.1. The molecule has 6 aromatic carbocycles. The number of fused-ring (bicyclic) bond motifs is 7. The lowest BCUT2D eigenvalue weighted by atomic mass is 9.81. The third-order valence-corrected chi connectivity index (χ3v) is 10.9. The van der Waals surface area contributed by atoms with Crippen LogP contribution in [0.3, 0.4) is 0 Å². The van der Waals surface area contributed by atoms with Crippen molar-refractivity contribution in [3.8, 4) is 27.9 Å². The number of nitrogens with one attached hydrogen (secondary N) is 1. The zero-order valence-corrected chi connectivity index (χ0v) is 30.2. The van der Waals surface area contributed by atoms with Crippen molar-refractivity contribution in [3.63, 3.8) is 0 Å². The lowest BCUT2D eigenvalue weighted by molar-refractivity contribution is 0.617. The second kappa shape index (κ2) is 12.7. The van der Waals surface area contributed by atoms with E-state index in [-0.39, 0.29) is 16.7 Å². The normalized spacial score (nSPS) is 17.5. The van der Waals surface area contributed by atoms with Gasteiger partial charge in [-0.15, -0.1) is 0 Å². The van der Waals surface area contributed by atoms with Gasteiger partial charge >= 0.3 is 0 Å². The van der Waals surface area contributed by atoms with Crippen molar-refractivity contribution in [3.05, 3.63) is 186 Å². The zero-order chi connectivity index (χ0) is 36.2. The predicted molar refractivity (Wildman–Crippen MR) is 223 cm³/mol. The molecule has 7 aromatic rings. The minimum atomic E-state index is -0.211. The Hall–Kier alpha value is -6.39. The molecular formula is C49H40N4. The van der Waals surface area contributed by atoms with E-state index < -0.39 is 0 Å². The van der Waals surface area contributed by atoms with Crippen LogP contribution >= 0.6 is 0 Å². The molecule has 2 aliphatic rings. The lowest BCUT2D eigenvalue weighted by Crippen LogP contribution is -2.17. The fraction of sp³-hybridized carbons (Fsp3) is 0.122. The van der Waals surface area contributed by atoms with E-state index in [1.165, 1.54) is 49.7 Å². The highest BCUT2D eigenvalue weighted by Gasteiger charge is 2.38. The second-order valence-corrected chi connectivity index (χ2v) is 14.9. The highest BCUT2D eigenvalue weighted by molar-refractivity contribution is 6.15. The summed E-state index contributed by atoms with van der Waals surface area (Å²) in [5.74, 6) is 0.685. The summed E-state index contributed by atoms with van der Waals surface area (Å²) in [5, 5.41) is 11.8. The molecule has 0 radical (unpaired) electrons. The van der Waals surface area contributed by atoms with Gasteiger partial charge in [-0.05, 0) is 64.1 Å². The van der Waals surface area contributed by atoms with E-state index in [1.807, 2.05) is 48.7 Å². The Morgan fingerprint density at radius 1 is 0.679 bits per heavy atom. The van der Waals surface area contributed by atoms with E-state index in [4.69, 9.17) is 9.98 Å². The topological polar surface area (TPSA) is 53.5 Å². The van der Waals surface area contributed by atoms with Crippen LogP contribution in [-0.4, -0.2) is 22.5 Å². The van der Waals surface area contributed by atoms with Crippen LogP contribution in [0.25, 0.3) is 49.7 Å². The molecule has 1 aromatic heterocycles. The molecule has 4 nitrogen and oxygen atoms in total. The molecule has 0 amide bonds. The molecule has 1 unspecified atom stereocenters. The maximum atomic E-state index is 9.33. The van der Waals surface area contributed by atoms with Gasteiger partial charge in [-0.3, -0.25) is 5.41 Å². The van der Waals surface area contributed by atoms with Gasteiger partial charge in [-0.2, -0.15) is 0 Å². The van der Waals surface area contributed by atoms with Crippen LogP contribution in [0.2, 0.25) is 0 Å². The van der Waals surface area contributed by atoms with Crippen LogP contribution in [-0.2, 0) is 5.41 Å². The standard InChI is InChI=1S/C49H40N4/c1-48(2)42-23-12-11-22-38(42)39-25-26-40-41-31-35(33-16-7-4-8-17-33)24-27-43(41)53(45(40)44(39)48)37-21-15-20-36(30-37)46(50)52-47(34-18-9-5-10-19-34)51-32-49(3)28-13-6-14-29-49/h4-28,30-32,50H,29H2,1-3H3. The van der Waals surface area contributed by atoms with E-state index in [0.29, 0.717) is 5.84 Å². The van der Waals surface area contributed by atoms with Gasteiger partial charge in [0.1, 0.15) is 0 Å². The molecule has 1 heterocycles. The summed E-state index contributed by atoms with van der Waals surface area (Å²) in [7, 11) is 0. The van der Waals surface area contributed by atoms with Gasteiger partial charge in [0.25, 0.3) is 0 Å². The Labute approximate surface area is 310 Å². The average molecular weight is 685 g/mol. The molecule has 0 spiro atoms. The summed E-state index contributed by atoms with van der Waals surface area (Å²) in [6, 6.07) is 49.1. The number of aliphatic imine (C=N–C) groups is 2. The van der Waals surface area contributed by atoms with Gasteiger partial charge in [0.15, 0.2) is 11.7 Å². The van der Waals surface area contributed by atoms with E-state index in [9.17, 15) is 5.41 Å². The number of benzene rings is 6. The molecule has 9 rings (SSSR count). The summed E-state index contributed by atoms with van der Waals surface area (Å²) in [6.07, 6.45) is 11.3. The van der Waals surface area contributed by atoms with Crippen molar-refractivity contribution >= 4 is 39.7 Å². The van der Waals surface area contributed by atoms with E-state index in [2.05, 4.69) is 147 Å². The van der Waals surface area contributed by atoms with Crippen molar-refractivity contribution in [2.45, 2.75) is 32.6 Å². The molecule has 53 heavy (non-hydrogen) atoms. The number of amidine groups is 2. The smallest absolute Gasteiger partial charge is 0.161 e.